The molecule has 1 unspecified atom stereocenters. The van der Waals surface area contributed by atoms with E-state index in [0.29, 0.717) is 17.7 Å². The topological polar surface area (TPSA) is 119 Å². The lowest BCUT2D eigenvalue weighted by Crippen LogP contribution is -2.42. The van der Waals surface area contributed by atoms with Gasteiger partial charge in [-0.2, -0.15) is 0 Å². The lowest BCUT2D eigenvalue weighted by atomic mass is 10.1. The van der Waals surface area contributed by atoms with Crippen LogP contribution in [0.2, 0.25) is 0 Å². The van der Waals surface area contributed by atoms with Crippen LogP contribution in [0.4, 0.5) is 0 Å². The summed E-state index contributed by atoms with van der Waals surface area (Å²) in [6, 6.07) is 6.26. The summed E-state index contributed by atoms with van der Waals surface area (Å²) in [5.41, 5.74) is 0.456. The Hall–Kier alpha value is -2.42. The molecule has 1 aliphatic rings. The molecule has 2 N–H and O–H groups in total. The fourth-order valence-electron chi connectivity index (χ4n) is 2.62. The molecule has 142 valence electrons. The Balaban J connectivity index is 1.70. The van der Waals surface area contributed by atoms with Crippen LogP contribution in [0, 0.1) is 0 Å². The zero-order chi connectivity index (χ0) is 19.2. The molecule has 26 heavy (non-hydrogen) atoms. The van der Waals surface area contributed by atoms with Crippen molar-refractivity contribution >= 4 is 27.4 Å². The lowest BCUT2D eigenvalue weighted by Gasteiger charge is -2.11. The van der Waals surface area contributed by atoms with Crippen LogP contribution >= 0.6 is 0 Å². The van der Waals surface area contributed by atoms with Gasteiger partial charge in [0.15, 0.2) is 15.6 Å². The first-order valence-electron chi connectivity index (χ1n) is 8.23. The number of Topliss-reactive ketones (excluding diaryl/α,β-unsaturated/α-hetero) is 1. The summed E-state index contributed by atoms with van der Waals surface area (Å²) in [4.78, 5) is 35.6. The highest BCUT2D eigenvalue weighted by atomic mass is 32.2. The van der Waals surface area contributed by atoms with Gasteiger partial charge in [-0.05, 0) is 18.6 Å². The zero-order valence-corrected chi connectivity index (χ0v) is 15.3. The van der Waals surface area contributed by atoms with Gasteiger partial charge in [0.2, 0.25) is 11.8 Å². The van der Waals surface area contributed by atoms with E-state index < -0.39 is 27.7 Å². The molecule has 1 fully saturated rings. The second kappa shape index (κ2) is 8.79. The summed E-state index contributed by atoms with van der Waals surface area (Å²) in [5, 5.41) is 5.01. The molecule has 0 saturated carbocycles. The molecule has 1 aromatic rings. The maximum absolute atomic E-state index is 12.1. The average Bonchev–Trinajstić information content (AvgIpc) is 2.96. The van der Waals surface area contributed by atoms with Crippen LogP contribution in [0.5, 0.6) is 5.75 Å². The Morgan fingerprint density at radius 3 is 2.62 bits per heavy atom. The molecule has 2 rings (SSSR count). The number of rotatable bonds is 8. The summed E-state index contributed by atoms with van der Waals surface area (Å²) < 4.78 is 27.7. The number of ketones is 1. The molecule has 1 heterocycles. The Morgan fingerprint density at radius 1 is 1.19 bits per heavy atom. The Morgan fingerprint density at radius 2 is 1.96 bits per heavy atom. The molecule has 0 spiro atoms. The first kappa shape index (κ1) is 19.9. The highest BCUT2D eigenvalue weighted by Gasteiger charge is 2.28. The lowest BCUT2D eigenvalue weighted by molar-refractivity contribution is -0.126. The van der Waals surface area contributed by atoms with Crippen LogP contribution in [-0.2, 0) is 19.4 Å². The number of carbonyl (C=O) groups excluding carboxylic acids is 3. The third kappa shape index (κ3) is 6.14. The largest absolute Gasteiger partial charge is 0.497 e. The first-order valence-corrected chi connectivity index (χ1v) is 10.0. The molecular formula is C17H22N2O6S. The van der Waals surface area contributed by atoms with Gasteiger partial charge in [0.1, 0.15) is 5.75 Å². The van der Waals surface area contributed by atoms with E-state index in [-0.39, 0.29) is 36.7 Å². The number of nitrogens with one attached hydrogen (secondary N) is 2. The normalized spacial score (nSPS) is 18.1. The highest BCUT2D eigenvalue weighted by Crippen LogP contribution is 2.14. The SMILES string of the molecule is COc1cccc(C(=O)CCC(=O)NCC(=O)NC2CCS(=O)(=O)C2)c1. The van der Waals surface area contributed by atoms with Gasteiger partial charge in [-0.3, -0.25) is 14.4 Å². The molecule has 1 atom stereocenters. The maximum Gasteiger partial charge on any atom is 0.239 e. The van der Waals surface area contributed by atoms with E-state index in [1.807, 2.05) is 0 Å². The number of hydrogen-bond acceptors (Lipinski definition) is 6. The summed E-state index contributed by atoms with van der Waals surface area (Å²) in [6.45, 7) is -0.247. The van der Waals surface area contributed by atoms with Crippen molar-refractivity contribution in [1.82, 2.24) is 10.6 Å². The predicted octanol–water partition coefficient (Wildman–Crippen LogP) is 0.0776. The van der Waals surface area contributed by atoms with Crippen molar-refractivity contribution in [3.8, 4) is 5.75 Å². The Kier molecular flexibility index (Phi) is 6.73. The highest BCUT2D eigenvalue weighted by molar-refractivity contribution is 7.91. The van der Waals surface area contributed by atoms with Crippen LogP contribution in [0.25, 0.3) is 0 Å². The molecule has 0 aromatic heterocycles. The van der Waals surface area contributed by atoms with Crippen LogP contribution in [0.1, 0.15) is 29.6 Å². The van der Waals surface area contributed by atoms with Gasteiger partial charge in [0.25, 0.3) is 0 Å². The second-order valence-electron chi connectivity index (χ2n) is 6.10. The minimum absolute atomic E-state index is 0.0154. The van der Waals surface area contributed by atoms with Crippen molar-refractivity contribution in [3.05, 3.63) is 29.8 Å². The van der Waals surface area contributed by atoms with Gasteiger partial charge < -0.3 is 15.4 Å². The fraction of sp³-hybridized carbons (Fsp3) is 0.471. The molecular weight excluding hydrogens is 360 g/mol. The summed E-state index contributed by atoms with van der Waals surface area (Å²) in [6.07, 6.45) is 0.361. The number of benzene rings is 1. The van der Waals surface area contributed by atoms with Crippen molar-refractivity contribution in [2.75, 3.05) is 25.2 Å². The molecule has 1 aromatic carbocycles. The monoisotopic (exact) mass is 382 g/mol. The van der Waals surface area contributed by atoms with E-state index in [1.165, 1.54) is 7.11 Å². The second-order valence-corrected chi connectivity index (χ2v) is 8.33. The van der Waals surface area contributed by atoms with Crippen molar-refractivity contribution in [2.24, 2.45) is 0 Å². The number of carbonyl (C=O) groups is 3. The summed E-state index contributed by atoms with van der Waals surface area (Å²) in [7, 11) is -1.57. The number of hydrogen-bond donors (Lipinski definition) is 2. The summed E-state index contributed by atoms with van der Waals surface area (Å²) >= 11 is 0. The molecule has 1 saturated heterocycles. The van der Waals surface area contributed by atoms with Crippen LogP contribution in [-0.4, -0.2) is 57.2 Å². The van der Waals surface area contributed by atoms with Gasteiger partial charge in [-0.25, -0.2) is 8.42 Å². The van der Waals surface area contributed by atoms with Crippen LogP contribution < -0.4 is 15.4 Å². The van der Waals surface area contributed by atoms with Crippen LogP contribution in [0.3, 0.4) is 0 Å². The Bertz CT molecular complexity index is 790. The van der Waals surface area contributed by atoms with Gasteiger partial charge >= 0.3 is 0 Å². The fourth-order valence-corrected chi connectivity index (χ4v) is 4.30. The van der Waals surface area contributed by atoms with E-state index in [9.17, 15) is 22.8 Å². The standard InChI is InChI=1S/C17H22N2O6S/c1-25-14-4-2-3-12(9-14)15(20)5-6-16(21)18-10-17(22)19-13-7-8-26(23,24)11-13/h2-4,9,13H,5-8,10-11H2,1H3,(H,18,21)(H,19,22). The van der Waals surface area contributed by atoms with Crippen LogP contribution in [0.15, 0.2) is 24.3 Å². The number of amides is 2. The van der Waals surface area contributed by atoms with E-state index in [2.05, 4.69) is 10.6 Å². The Labute approximate surface area is 152 Å². The molecule has 2 amide bonds. The van der Waals surface area contributed by atoms with Gasteiger partial charge in [-0.1, -0.05) is 12.1 Å². The molecule has 1 aliphatic heterocycles. The van der Waals surface area contributed by atoms with Crippen molar-refractivity contribution < 1.29 is 27.5 Å². The minimum Gasteiger partial charge on any atom is -0.497 e. The molecule has 0 bridgehead atoms. The quantitative estimate of drug-likeness (QED) is 0.615. The van der Waals surface area contributed by atoms with Crippen molar-refractivity contribution in [2.45, 2.75) is 25.3 Å². The molecule has 0 radical (unpaired) electrons. The smallest absolute Gasteiger partial charge is 0.239 e. The van der Waals surface area contributed by atoms with E-state index in [4.69, 9.17) is 4.74 Å². The number of methoxy groups -OCH3 is 1. The average molecular weight is 382 g/mol. The molecule has 0 aliphatic carbocycles. The maximum atomic E-state index is 12.1. The summed E-state index contributed by atoms with van der Waals surface area (Å²) in [5.74, 6) is -0.501. The predicted molar refractivity (Wildman–Crippen MR) is 94.8 cm³/mol. The van der Waals surface area contributed by atoms with Gasteiger partial charge in [0, 0.05) is 24.4 Å². The van der Waals surface area contributed by atoms with E-state index in [1.54, 1.807) is 24.3 Å². The third-order valence-corrected chi connectivity index (χ3v) is 5.78. The van der Waals surface area contributed by atoms with E-state index >= 15 is 0 Å². The molecule has 9 heteroatoms. The van der Waals surface area contributed by atoms with Crippen molar-refractivity contribution in [1.29, 1.82) is 0 Å². The molecule has 8 nitrogen and oxygen atoms in total. The minimum atomic E-state index is -3.07. The zero-order valence-electron chi connectivity index (χ0n) is 14.5. The first-order chi connectivity index (χ1) is 12.3. The van der Waals surface area contributed by atoms with Gasteiger partial charge in [-0.15, -0.1) is 0 Å². The van der Waals surface area contributed by atoms with E-state index in [0.717, 1.165) is 0 Å². The third-order valence-electron chi connectivity index (χ3n) is 4.01. The van der Waals surface area contributed by atoms with Crippen molar-refractivity contribution in [3.63, 3.8) is 0 Å². The number of sulfone groups is 1. The van der Waals surface area contributed by atoms with Gasteiger partial charge in [0.05, 0.1) is 25.2 Å². The number of ether oxygens (including phenoxy) is 1.